The summed E-state index contributed by atoms with van der Waals surface area (Å²) in [4.78, 5) is 9.68. The third-order valence-corrected chi connectivity index (χ3v) is 3.13. The summed E-state index contributed by atoms with van der Waals surface area (Å²) in [7, 11) is 0. The maximum atomic E-state index is 5.02. The summed E-state index contributed by atoms with van der Waals surface area (Å²) in [5.74, 6) is 0. The van der Waals surface area contributed by atoms with Crippen molar-refractivity contribution < 1.29 is 14.8 Å². The predicted molar refractivity (Wildman–Crippen MR) is 63.8 cm³/mol. The van der Waals surface area contributed by atoms with Gasteiger partial charge < -0.3 is 0 Å². The van der Waals surface area contributed by atoms with Crippen LogP contribution in [-0.4, -0.2) is 12.7 Å². The first-order valence-corrected chi connectivity index (χ1v) is 6.88. The molecule has 0 aromatic rings. The Morgan fingerprint density at radius 1 is 0.938 bits per heavy atom. The van der Waals surface area contributed by atoms with Crippen molar-refractivity contribution >= 4 is 0 Å². The van der Waals surface area contributed by atoms with Crippen LogP contribution >= 0.6 is 0 Å². The highest BCUT2D eigenvalue weighted by atomic mass is 17.5. The molecule has 1 rings (SSSR count). The predicted octanol–water partition coefficient (Wildman–Crippen LogP) is 4.17. The van der Waals surface area contributed by atoms with Gasteiger partial charge in [0.1, 0.15) is 0 Å². The van der Waals surface area contributed by atoms with Gasteiger partial charge in [0.25, 0.3) is 0 Å². The molecule has 1 aliphatic heterocycles. The van der Waals surface area contributed by atoms with Gasteiger partial charge in [-0.2, -0.15) is 0 Å². The molecule has 0 aromatic heterocycles. The minimum Gasteiger partial charge on any atom is -0.206 e. The van der Waals surface area contributed by atoms with Crippen LogP contribution in [0.2, 0.25) is 0 Å². The van der Waals surface area contributed by atoms with E-state index in [1.807, 2.05) is 0 Å². The Morgan fingerprint density at radius 3 is 2.25 bits per heavy atom. The summed E-state index contributed by atoms with van der Waals surface area (Å²) in [6, 6.07) is 0. The third-order valence-electron chi connectivity index (χ3n) is 3.13. The molecule has 0 amide bonds. The molecule has 0 aliphatic carbocycles. The normalized spacial score (nSPS) is 21.2. The smallest absolute Gasteiger partial charge is 0.0984 e. The molecule has 0 radical (unpaired) electrons. The molecule has 1 saturated heterocycles. The molecule has 3 nitrogen and oxygen atoms in total. The summed E-state index contributed by atoms with van der Waals surface area (Å²) >= 11 is 0. The van der Waals surface area contributed by atoms with Crippen molar-refractivity contribution in [1.29, 1.82) is 0 Å². The Balaban J connectivity index is 1.77. The molecule has 1 unspecified atom stereocenters. The lowest BCUT2D eigenvalue weighted by Crippen LogP contribution is -2.21. The van der Waals surface area contributed by atoms with Crippen LogP contribution < -0.4 is 0 Å². The average Bonchev–Trinajstić information content (AvgIpc) is 2.34. The lowest BCUT2D eigenvalue weighted by molar-refractivity contribution is -0.549. The van der Waals surface area contributed by atoms with Gasteiger partial charge in [0.05, 0.1) is 12.7 Å². The quantitative estimate of drug-likeness (QED) is 0.439. The van der Waals surface area contributed by atoms with Crippen molar-refractivity contribution in [3.63, 3.8) is 0 Å². The number of unbranched alkanes of at least 4 members (excludes halogenated alkanes) is 7. The first-order chi connectivity index (χ1) is 7.93. The molecule has 0 bridgehead atoms. The van der Waals surface area contributed by atoms with E-state index in [1.54, 1.807) is 0 Å². The second-order valence-corrected chi connectivity index (χ2v) is 4.66. The molecule has 16 heavy (non-hydrogen) atoms. The van der Waals surface area contributed by atoms with E-state index in [0.717, 1.165) is 12.8 Å². The van der Waals surface area contributed by atoms with Gasteiger partial charge in [-0.3, -0.25) is 0 Å². The third kappa shape index (κ3) is 7.20. The molecule has 0 saturated carbocycles. The second kappa shape index (κ2) is 10.1. The average molecular weight is 230 g/mol. The lowest BCUT2D eigenvalue weighted by atomic mass is 10.0. The molecule has 1 atom stereocenters. The summed E-state index contributed by atoms with van der Waals surface area (Å²) in [5.41, 5.74) is 0. The van der Waals surface area contributed by atoms with Gasteiger partial charge in [-0.05, 0) is 6.42 Å². The van der Waals surface area contributed by atoms with Crippen LogP contribution in [0.25, 0.3) is 0 Å². The zero-order chi connectivity index (χ0) is 11.5. The van der Waals surface area contributed by atoms with Crippen LogP contribution in [-0.2, 0) is 14.8 Å². The number of hydrogen-bond donors (Lipinski definition) is 0. The van der Waals surface area contributed by atoms with E-state index in [0.29, 0.717) is 6.61 Å². The Morgan fingerprint density at radius 2 is 1.62 bits per heavy atom. The van der Waals surface area contributed by atoms with E-state index in [1.165, 1.54) is 51.4 Å². The van der Waals surface area contributed by atoms with Crippen LogP contribution in [0, 0.1) is 0 Å². The molecule has 1 heterocycles. The van der Waals surface area contributed by atoms with Crippen LogP contribution in [0.1, 0.15) is 71.1 Å². The first-order valence-electron chi connectivity index (χ1n) is 6.88. The highest BCUT2D eigenvalue weighted by Gasteiger charge is 2.15. The molecule has 1 fully saturated rings. The molecule has 1 aliphatic rings. The van der Waals surface area contributed by atoms with E-state index in [2.05, 4.69) is 16.8 Å². The van der Waals surface area contributed by atoms with Crippen LogP contribution in [0.15, 0.2) is 0 Å². The van der Waals surface area contributed by atoms with Crippen molar-refractivity contribution in [1.82, 2.24) is 0 Å². The minimum atomic E-state index is 0.258. The zero-order valence-electron chi connectivity index (χ0n) is 10.6. The van der Waals surface area contributed by atoms with Crippen molar-refractivity contribution in [3.05, 3.63) is 0 Å². The van der Waals surface area contributed by atoms with Crippen molar-refractivity contribution in [2.75, 3.05) is 6.61 Å². The van der Waals surface area contributed by atoms with Crippen molar-refractivity contribution in [2.45, 2.75) is 77.2 Å². The molecule has 3 heteroatoms. The lowest BCUT2D eigenvalue weighted by Gasteiger charge is -2.19. The molecular formula is C13H26O3. The van der Waals surface area contributed by atoms with Gasteiger partial charge in [-0.1, -0.05) is 63.3 Å². The Kier molecular flexibility index (Phi) is 8.77. The fraction of sp³-hybridized carbons (Fsp3) is 1.00. The van der Waals surface area contributed by atoms with Gasteiger partial charge in [0.2, 0.25) is 0 Å². The maximum Gasteiger partial charge on any atom is 0.0984 e. The Labute approximate surface area is 99.3 Å². The van der Waals surface area contributed by atoms with E-state index in [4.69, 9.17) is 4.89 Å². The van der Waals surface area contributed by atoms with Crippen molar-refractivity contribution in [2.24, 2.45) is 0 Å². The summed E-state index contributed by atoms with van der Waals surface area (Å²) in [6.45, 7) is 2.93. The minimum absolute atomic E-state index is 0.258. The maximum absolute atomic E-state index is 5.02. The second-order valence-electron chi connectivity index (χ2n) is 4.66. The summed E-state index contributed by atoms with van der Waals surface area (Å²) in [5, 5.41) is 4.50. The Bertz CT molecular complexity index is 144. The highest BCUT2D eigenvalue weighted by Crippen LogP contribution is 2.16. The van der Waals surface area contributed by atoms with Crippen molar-refractivity contribution in [3.8, 4) is 0 Å². The number of hydrogen-bond acceptors (Lipinski definition) is 3. The Hall–Kier alpha value is -0.120. The highest BCUT2D eigenvalue weighted by molar-refractivity contribution is 4.57. The van der Waals surface area contributed by atoms with Gasteiger partial charge >= 0.3 is 0 Å². The van der Waals surface area contributed by atoms with E-state index in [9.17, 15) is 0 Å². The molecule has 0 aromatic carbocycles. The van der Waals surface area contributed by atoms with E-state index < -0.39 is 0 Å². The number of rotatable bonds is 9. The van der Waals surface area contributed by atoms with Gasteiger partial charge in [0, 0.05) is 6.42 Å². The van der Waals surface area contributed by atoms with Gasteiger partial charge in [-0.15, -0.1) is 0 Å². The fourth-order valence-electron chi connectivity index (χ4n) is 2.04. The van der Waals surface area contributed by atoms with Crippen LogP contribution in [0.4, 0.5) is 0 Å². The van der Waals surface area contributed by atoms with Crippen LogP contribution in [0.3, 0.4) is 0 Å². The zero-order valence-corrected chi connectivity index (χ0v) is 10.6. The molecule has 0 N–H and O–H groups in total. The largest absolute Gasteiger partial charge is 0.206 e. The molecule has 96 valence electrons. The monoisotopic (exact) mass is 230 g/mol. The van der Waals surface area contributed by atoms with Gasteiger partial charge in [0.15, 0.2) is 0 Å². The van der Waals surface area contributed by atoms with Gasteiger partial charge in [-0.25, -0.2) is 9.78 Å². The standard InChI is InChI=1S/C13H26O3/c1-2-3-4-5-6-7-8-9-10-13-11-12-14-16-15-13/h13H,2-12H2,1H3. The topological polar surface area (TPSA) is 27.7 Å². The molecule has 0 spiro atoms. The van der Waals surface area contributed by atoms with Crippen LogP contribution in [0.5, 0.6) is 0 Å². The molecular weight excluding hydrogens is 204 g/mol. The summed E-state index contributed by atoms with van der Waals surface area (Å²) < 4.78 is 0. The fourth-order valence-corrected chi connectivity index (χ4v) is 2.04. The summed E-state index contributed by atoms with van der Waals surface area (Å²) in [6.07, 6.45) is 13.2. The first kappa shape index (κ1) is 13.9. The SMILES string of the molecule is CCCCCCCCCCC1CCOOO1. The van der Waals surface area contributed by atoms with E-state index >= 15 is 0 Å². The van der Waals surface area contributed by atoms with E-state index in [-0.39, 0.29) is 6.10 Å².